The number of aromatic nitrogens is 3. The second-order valence-corrected chi connectivity index (χ2v) is 6.40. The summed E-state index contributed by atoms with van der Waals surface area (Å²) in [6.45, 7) is 1.31. The maximum Gasteiger partial charge on any atom is 0.191 e. The summed E-state index contributed by atoms with van der Waals surface area (Å²) in [6, 6.07) is 7.82. The number of rotatable bonds is 5. The number of nitrogens with zero attached hydrogens (tertiary/aromatic N) is 4. The van der Waals surface area contributed by atoms with Gasteiger partial charge in [0.05, 0.1) is 17.3 Å². The molecular weight excluding hydrogens is 359 g/mol. The van der Waals surface area contributed by atoms with E-state index >= 15 is 0 Å². The van der Waals surface area contributed by atoms with Crippen molar-refractivity contribution in [3.63, 3.8) is 0 Å². The largest absolute Gasteiger partial charge is 0.356 e. The lowest BCUT2D eigenvalue weighted by Gasteiger charge is -2.12. The van der Waals surface area contributed by atoms with Gasteiger partial charge in [-0.2, -0.15) is 0 Å². The van der Waals surface area contributed by atoms with E-state index in [4.69, 9.17) is 23.2 Å². The first-order valence-corrected chi connectivity index (χ1v) is 8.71. The lowest BCUT2D eigenvalue weighted by atomic mass is 10.3. The summed E-state index contributed by atoms with van der Waals surface area (Å²) in [5, 5.41) is 7.63. The van der Waals surface area contributed by atoms with Crippen molar-refractivity contribution in [3.05, 3.63) is 58.2 Å². The minimum Gasteiger partial charge on any atom is -0.356 e. The van der Waals surface area contributed by atoms with E-state index in [0.717, 1.165) is 36.0 Å². The van der Waals surface area contributed by atoms with Gasteiger partial charge in [0.1, 0.15) is 10.8 Å². The SMILES string of the molecule is CN=C(NCCc1cn2ccccc2n1)NCc1cc(Cl)c(Cl)n1C. The fraction of sp³-hybridized carbons (Fsp3) is 0.294. The van der Waals surface area contributed by atoms with Crippen molar-refractivity contribution in [2.75, 3.05) is 13.6 Å². The Morgan fingerprint density at radius 1 is 1.28 bits per heavy atom. The van der Waals surface area contributed by atoms with Gasteiger partial charge in [-0.05, 0) is 18.2 Å². The number of nitrogens with one attached hydrogen (secondary N) is 2. The van der Waals surface area contributed by atoms with E-state index in [1.807, 2.05) is 52.7 Å². The number of guanidine groups is 1. The van der Waals surface area contributed by atoms with Crippen molar-refractivity contribution >= 4 is 34.8 Å². The van der Waals surface area contributed by atoms with Crippen LogP contribution in [0, 0.1) is 0 Å². The molecular formula is C17H20Cl2N6. The van der Waals surface area contributed by atoms with Crippen molar-refractivity contribution in [2.24, 2.45) is 12.0 Å². The Kier molecular flexibility index (Phi) is 5.50. The summed E-state index contributed by atoms with van der Waals surface area (Å²) in [6.07, 6.45) is 4.85. The van der Waals surface area contributed by atoms with Gasteiger partial charge in [-0.25, -0.2) is 4.98 Å². The maximum absolute atomic E-state index is 6.08. The predicted molar refractivity (Wildman–Crippen MR) is 103 cm³/mol. The highest BCUT2D eigenvalue weighted by molar-refractivity contribution is 6.41. The molecule has 3 rings (SSSR count). The topological polar surface area (TPSA) is 58.6 Å². The van der Waals surface area contributed by atoms with Crippen LogP contribution in [0.2, 0.25) is 10.2 Å². The monoisotopic (exact) mass is 378 g/mol. The molecule has 6 nitrogen and oxygen atoms in total. The van der Waals surface area contributed by atoms with Crippen LogP contribution < -0.4 is 10.6 Å². The average Bonchev–Trinajstić information content (AvgIpc) is 3.14. The fourth-order valence-electron chi connectivity index (χ4n) is 2.57. The first kappa shape index (κ1) is 17.6. The van der Waals surface area contributed by atoms with Crippen LogP contribution in [-0.2, 0) is 20.0 Å². The van der Waals surface area contributed by atoms with Crippen LogP contribution in [0.15, 0.2) is 41.7 Å². The molecule has 3 heterocycles. The van der Waals surface area contributed by atoms with E-state index in [-0.39, 0.29) is 0 Å². The molecule has 0 aliphatic carbocycles. The minimum atomic E-state index is 0.535. The Hall–Kier alpha value is -2.18. The third kappa shape index (κ3) is 4.08. The number of imidazole rings is 1. The minimum absolute atomic E-state index is 0.535. The molecule has 132 valence electrons. The summed E-state index contributed by atoms with van der Waals surface area (Å²) in [5.41, 5.74) is 2.98. The number of hydrogen-bond acceptors (Lipinski definition) is 2. The van der Waals surface area contributed by atoms with Crippen LogP contribution >= 0.6 is 23.2 Å². The summed E-state index contributed by atoms with van der Waals surface area (Å²) in [7, 11) is 3.62. The first-order valence-electron chi connectivity index (χ1n) is 7.95. The van der Waals surface area contributed by atoms with E-state index in [1.54, 1.807) is 7.05 Å². The molecule has 0 atom stereocenters. The van der Waals surface area contributed by atoms with Gasteiger partial charge in [0, 0.05) is 45.1 Å². The van der Waals surface area contributed by atoms with E-state index in [1.165, 1.54) is 0 Å². The highest BCUT2D eigenvalue weighted by Crippen LogP contribution is 2.24. The van der Waals surface area contributed by atoms with Gasteiger partial charge in [-0.1, -0.05) is 29.3 Å². The van der Waals surface area contributed by atoms with Crippen LogP contribution in [0.4, 0.5) is 0 Å². The van der Waals surface area contributed by atoms with Crippen molar-refractivity contribution in [2.45, 2.75) is 13.0 Å². The van der Waals surface area contributed by atoms with Gasteiger partial charge in [0.2, 0.25) is 0 Å². The number of hydrogen-bond donors (Lipinski definition) is 2. The van der Waals surface area contributed by atoms with Crippen molar-refractivity contribution in [1.82, 2.24) is 24.6 Å². The molecule has 0 spiro atoms. The molecule has 0 bridgehead atoms. The second kappa shape index (κ2) is 7.80. The van der Waals surface area contributed by atoms with Gasteiger partial charge in [-0.3, -0.25) is 4.99 Å². The van der Waals surface area contributed by atoms with Gasteiger partial charge < -0.3 is 19.6 Å². The molecule has 2 N–H and O–H groups in total. The van der Waals surface area contributed by atoms with Gasteiger partial charge >= 0.3 is 0 Å². The number of aliphatic imine (C=N–C) groups is 1. The third-order valence-corrected chi connectivity index (χ3v) is 4.81. The van der Waals surface area contributed by atoms with Crippen molar-refractivity contribution in [1.29, 1.82) is 0 Å². The van der Waals surface area contributed by atoms with Gasteiger partial charge in [0.15, 0.2) is 5.96 Å². The Labute approximate surface area is 156 Å². The zero-order valence-corrected chi connectivity index (χ0v) is 15.6. The molecule has 0 fully saturated rings. The molecule has 0 amide bonds. The molecule has 3 aromatic rings. The molecule has 25 heavy (non-hydrogen) atoms. The molecule has 0 aromatic carbocycles. The second-order valence-electron chi connectivity index (χ2n) is 5.63. The van der Waals surface area contributed by atoms with Crippen LogP contribution in [-0.4, -0.2) is 33.5 Å². The Morgan fingerprint density at radius 2 is 2.12 bits per heavy atom. The molecule has 0 saturated heterocycles. The van der Waals surface area contributed by atoms with Crippen LogP contribution in [0.3, 0.4) is 0 Å². The summed E-state index contributed by atoms with van der Waals surface area (Å²) >= 11 is 12.1. The normalized spacial score (nSPS) is 11.9. The average molecular weight is 379 g/mol. The number of fused-ring (bicyclic) bond motifs is 1. The molecule has 0 radical (unpaired) electrons. The highest BCUT2D eigenvalue weighted by atomic mass is 35.5. The van der Waals surface area contributed by atoms with E-state index < -0.39 is 0 Å². The Bertz CT molecular complexity index is 863. The van der Waals surface area contributed by atoms with Crippen LogP contribution in [0.25, 0.3) is 5.65 Å². The standard InChI is InChI=1S/C17H20Cl2N6/c1-20-17(22-10-13-9-14(18)16(19)24(13)2)21-7-6-12-11-25-8-4-3-5-15(25)23-12/h3-5,8-9,11H,6-7,10H2,1-2H3,(H2,20,21,22). The van der Waals surface area contributed by atoms with Crippen LogP contribution in [0.1, 0.15) is 11.4 Å². The van der Waals surface area contributed by atoms with E-state index in [2.05, 4.69) is 20.6 Å². The lowest BCUT2D eigenvalue weighted by Crippen LogP contribution is -2.38. The molecule has 0 aliphatic rings. The van der Waals surface area contributed by atoms with E-state index in [9.17, 15) is 0 Å². The molecule has 0 aliphatic heterocycles. The first-order chi connectivity index (χ1) is 12.1. The van der Waals surface area contributed by atoms with Gasteiger partial charge in [-0.15, -0.1) is 0 Å². The lowest BCUT2D eigenvalue weighted by molar-refractivity contribution is 0.744. The third-order valence-electron chi connectivity index (χ3n) is 3.96. The maximum atomic E-state index is 6.08. The smallest absolute Gasteiger partial charge is 0.191 e. The zero-order valence-electron chi connectivity index (χ0n) is 14.1. The van der Waals surface area contributed by atoms with Crippen molar-refractivity contribution in [3.8, 4) is 0 Å². The molecule has 0 unspecified atom stereocenters. The molecule has 8 heteroatoms. The van der Waals surface area contributed by atoms with Gasteiger partial charge in [0.25, 0.3) is 0 Å². The quantitative estimate of drug-likeness (QED) is 0.530. The zero-order chi connectivity index (χ0) is 17.8. The Balaban J connectivity index is 1.51. The highest BCUT2D eigenvalue weighted by Gasteiger charge is 2.09. The summed E-state index contributed by atoms with van der Waals surface area (Å²) in [4.78, 5) is 8.81. The number of halogens is 2. The molecule has 0 saturated carbocycles. The predicted octanol–water partition coefficient (Wildman–Crippen LogP) is 2.89. The Morgan fingerprint density at radius 3 is 2.80 bits per heavy atom. The molecule has 3 aromatic heterocycles. The van der Waals surface area contributed by atoms with Crippen LogP contribution in [0.5, 0.6) is 0 Å². The fourth-order valence-corrected chi connectivity index (χ4v) is 2.99. The summed E-state index contributed by atoms with van der Waals surface area (Å²) in [5.74, 6) is 0.720. The van der Waals surface area contributed by atoms with Crippen molar-refractivity contribution < 1.29 is 0 Å². The van der Waals surface area contributed by atoms with E-state index in [0.29, 0.717) is 16.7 Å². The number of pyridine rings is 1. The summed E-state index contributed by atoms with van der Waals surface area (Å²) < 4.78 is 3.87.